The van der Waals surface area contributed by atoms with Crippen molar-refractivity contribution in [1.29, 1.82) is 0 Å². The number of aliphatic hydroxyl groups is 1. The number of benzene rings is 3. The van der Waals surface area contributed by atoms with Crippen LogP contribution in [0.4, 0.5) is 4.39 Å². The van der Waals surface area contributed by atoms with Crippen LogP contribution in [0.15, 0.2) is 84.9 Å². The van der Waals surface area contributed by atoms with Crippen LogP contribution in [0.1, 0.15) is 36.0 Å². The zero-order valence-electron chi connectivity index (χ0n) is 19.8. The first-order valence-corrected chi connectivity index (χ1v) is 11.7. The summed E-state index contributed by atoms with van der Waals surface area (Å²) < 4.78 is 24.7. The number of hydrogen-bond donors (Lipinski definition) is 1. The number of halogens is 1. The minimum Gasteiger partial charge on any atom is -0.461 e. The molecule has 0 aromatic heterocycles. The highest BCUT2D eigenvalue weighted by Crippen LogP contribution is 2.47. The SMILES string of the molecule is C[C@]1(O)CC(=O)[C@H](C(=O)OCc2ccccc2)[C@@H](c2ccc(F)cc2)[C@@H]1C(=O)OCc1ccccc1. The molecule has 3 aromatic rings. The molecule has 0 aliphatic heterocycles. The summed E-state index contributed by atoms with van der Waals surface area (Å²) >= 11 is 0. The van der Waals surface area contributed by atoms with Crippen LogP contribution in [-0.4, -0.2) is 28.4 Å². The first-order valence-electron chi connectivity index (χ1n) is 11.7. The van der Waals surface area contributed by atoms with Gasteiger partial charge in [0.15, 0.2) is 5.78 Å². The molecule has 4 atom stereocenters. The van der Waals surface area contributed by atoms with Crippen LogP contribution >= 0.6 is 0 Å². The van der Waals surface area contributed by atoms with E-state index in [1.54, 1.807) is 48.5 Å². The van der Waals surface area contributed by atoms with Crippen molar-refractivity contribution < 1.29 is 33.4 Å². The molecule has 1 aliphatic rings. The number of carbonyl (C=O) groups excluding carboxylic acids is 3. The average Bonchev–Trinajstić information content (AvgIpc) is 2.86. The van der Waals surface area contributed by atoms with Gasteiger partial charge in [0.1, 0.15) is 24.9 Å². The van der Waals surface area contributed by atoms with Crippen molar-refractivity contribution in [2.75, 3.05) is 0 Å². The molecule has 0 amide bonds. The van der Waals surface area contributed by atoms with Gasteiger partial charge in [0.05, 0.1) is 11.5 Å². The summed E-state index contributed by atoms with van der Waals surface area (Å²) in [4.78, 5) is 39.8. The molecular weight excluding hydrogens is 463 g/mol. The molecule has 3 aromatic carbocycles. The lowest BCUT2D eigenvalue weighted by Crippen LogP contribution is -2.55. The Hall–Kier alpha value is -3.84. The fourth-order valence-electron chi connectivity index (χ4n) is 4.74. The Balaban J connectivity index is 1.66. The molecule has 0 saturated heterocycles. The summed E-state index contributed by atoms with van der Waals surface area (Å²) in [5, 5.41) is 11.2. The maximum Gasteiger partial charge on any atom is 0.317 e. The number of hydrogen-bond acceptors (Lipinski definition) is 6. The van der Waals surface area contributed by atoms with Crippen molar-refractivity contribution in [3.8, 4) is 0 Å². The van der Waals surface area contributed by atoms with Gasteiger partial charge in [-0.2, -0.15) is 0 Å². The lowest BCUT2D eigenvalue weighted by atomic mass is 9.61. The van der Waals surface area contributed by atoms with Crippen molar-refractivity contribution >= 4 is 17.7 Å². The van der Waals surface area contributed by atoms with Gasteiger partial charge in [0.25, 0.3) is 0 Å². The summed E-state index contributed by atoms with van der Waals surface area (Å²) in [7, 11) is 0. The van der Waals surface area contributed by atoms with E-state index in [-0.39, 0.29) is 13.2 Å². The quantitative estimate of drug-likeness (QED) is 0.391. The largest absolute Gasteiger partial charge is 0.461 e. The van der Waals surface area contributed by atoms with E-state index in [0.29, 0.717) is 5.56 Å². The second-order valence-corrected chi connectivity index (χ2v) is 9.22. The van der Waals surface area contributed by atoms with E-state index >= 15 is 0 Å². The Bertz CT molecular complexity index is 1210. The molecule has 6 nitrogen and oxygen atoms in total. The number of ether oxygens (including phenoxy) is 2. The van der Waals surface area contributed by atoms with Crippen molar-refractivity contribution in [1.82, 2.24) is 0 Å². The van der Waals surface area contributed by atoms with Crippen LogP contribution in [0.25, 0.3) is 0 Å². The molecule has 0 heterocycles. The van der Waals surface area contributed by atoms with E-state index in [4.69, 9.17) is 9.47 Å². The fourth-order valence-corrected chi connectivity index (χ4v) is 4.74. The highest BCUT2D eigenvalue weighted by molar-refractivity contribution is 6.02. The van der Waals surface area contributed by atoms with E-state index < -0.39 is 53.3 Å². The Kier molecular flexibility index (Phi) is 7.60. The Labute approximate surface area is 208 Å². The van der Waals surface area contributed by atoms with Crippen LogP contribution in [0.5, 0.6) is 0 Å². The maximum atomic E-state index is 13.7. The van der Waals surface area contributed by atoms with Gasteiger partial charge in [-0.15, -0.1) is 0 Å². The first-order chi connectivity index (χ1) is 17.3. The van der Waals surface area contributed by atoms with E-state index in [1.165, 1.54) is 31.2 Å². The predicted octanol–water partition coefficient (Wildman–Crippen LogP) is 4.35. The second-order valence-electron chi connectivity index (χ2n) is 9.22. The molecule has 4 rings (SSSR count). The fraction of sp³-hybridized carbons (Fsp3) is 0.276. The molecule has 0 radical (unpaired) electrons. The summed E-state index contributed by atoms with van der Waals surface area (Å²) in [6, 6.07) is 23.2. The highest BCUT2D eigenvalue weighted by Gasteiger charge is 2.57. The van der Waals surface area contributed by atoms with Crippen molar-refractivity contribution in [2.45, 2.75) is 38.1 Å². The van der Waals surface area contributed by atoms with Crippen molar-refractivity contribution in [2.24, 2.45) is 11.8 Å². The minimum atomic E-state index is -1.79. The molecule has 36 heavy (non-hydrogen) atoms. The van der Waals surface area contributed by atoms with Gasteiger partial charge >= 0.3 is 11.9 Å². The van der Waals surface area contributed by atoms with Crippen LogP contribution in [0.2, 0.25) is 0 Å². The van der Waals surface area contributed by atoms with E-state index in [2.05, 4.69) is 0 Å². The van der Waals surface area contributed by atoms with Crippen LogP contribution in [0.3, 0.4) is 0 Å². The summed E-state index contributed by atoms with van der Waals surface area (Å²) in [6.45, 7) is 1.28. The Morgan fingerprint density at radius 2 is 1.36 bits per heavy atom. The number of Topliss-reactive ketones (excluding diaryl/α,β-unsaturated/α-hetero) is 1. The summed E-state index contributed by atoms with van der Waals surface area (Å²) in [5.41, 5.74) is 0.0426. The lowest BCUT2D eigenvalue weighted by Gasteiger charge is -2.43. The van der Waals surface area contributed by atoms with Gasteiger partial charge in [-0.05, 0) is 35.7 Å². The van der Waals surface area contributed by atoms with Gasteiger partial charge < -0.3 is 14.6 Å². The smallest absolute Gasteiger partial charge is 0.317 e. The molecule has 0 unspecified atom stereocenters. The lowest BCUT2D eigenvalue weighted by molar-refractivity contribution is -0.174. The minimum absolute atomic E-state index is 0.0422. The highest BCUT2D eigenvalue weighted by atomic mass is 19.1. The normalized spacial score (nSPS) is 23.6. The summed E-state index contributed by atoms with van der Waals surface area (Å²) in [5.74, 6) is -6.37. The number of ketones is 1. The average molecular weight is 491 g/mol. The zero-order valence-corrected chi connectivity index (χ0v) is 19.8. The molecule has 186 valence electrons. The van der Waals surface area contributed by atoms with Crippen LogP contribution in [0, 0.1) is 17.7 Å². The maximum absolute atomic E-state index is 13.7. The van der Waals surface area contributed by atoms with E-state index in [1.807, 2.05) is 12.1 Å². The van der Waals surface area contributed by atoms with Crippen LogP contribution < -0.4 is 0 Å². The third-order valence-corrected chi connectivity index (χ3v) is 6.48. The zero-order chi connectivity index (χ0) is 25.7. The van der Waals surface area contributed by atoms with Gasteiger partial charge in [-0.25, -0.2) is 4.39 Å². The van der Waals surface area contributed by atoms with Crippen molar-refractivity contribution in [3.63, 3.8) is 0 Å². The molecule has 1 fully saturated rings. The van der Waals surface area contributed by atoms with Gasteiger partial charge in [-0.1, -0.05) is 72.8 Å². The monoisotopic (exact) mass is 490 g/mol. The predicted molar refractivity (Wildman–Crippen MR) is 129 cm³/mol. The number of carbonyl (C=O) groups is 3. The molecule has 0 spiro atoms. The third kappa shape index (κ3) is 5.69. The number of esters is 2. The van der Waals surface area contributed by atoms with Gasteiger partial charge in [0.2, 0.25) is 0 Å². The summed E-state index contributed by atoms with van der Waals surface area (Å²) in [6.07, 6.45) is -0.430. The van der Waals surface area contributed by atoms with E-state index in [9.17, 15) is 23.9 Å². The topological polar surface area (TPSA) is 89.9 Å². The second kappa shape index (κ2) is 10.8. The van der Waals surface area contributed by atoms with E-state index in [0.717, 1.165) is 11.1 Å². The molecule has 1 aliphatic carbocycles. The first kappa shape index (κ1) is 25.3. The molecular formula is C29H27FO6. The Morgan fingerprint density at radius 3 is 1.89 bits per heavy atom. The molecule has 1 saturated carbocycles. The molecule has 7 heteroatoms. The van der Waals surface area contributed by atoms with Gasteiger partial charge in [-0.3, -0.25) is 14.4 Å². The van der Waals surface area contributed by atoms with Crippen molar-refractivity contribution in [3.05, 3.63) is 107 Å². The standard InChI is InChI=1S/C29H27FO6/c1-29(34)16-23(31)25(27(32)35-17-19-8-4-2-5-9-19)24(21-12-14-22(30)15-13-21)26(29)28(33)36-18-20-10-6-3-7-11-20/h2-15,24-26,34H,16-18H2,1H3/t24-,25+,26-,29+/m1/s1. The Morgan fingerprint density at radius 1 is 0.861 bits per heavy atom. The molecule has 1 N–H and O–H groups in total. The number of rotatable bonds is 7. The van der Waals surface area contributed by atoms with Gasteiger partial charge in [0, 0.05) is 12.3 Å². The molecule has 0 bridgehead atoms. The third-order valence-electron chi connectivity index (χ3n) is 6.48. The van der Waals surface area contributed by atoms with Crippen LogP contribution in [-0.2, 0) is 37.1 Å².